The second kappa shape index (κ2) is 8.11. The number of sulfone groups is 1. The molecule has 0 aromatic heterocycles. The Bertz CT molecular complexity index is 555. The van der Waals surface area contributed by atoms with Crippen LogP contribution < -0.4 is 10.6 Å². The quantitative estimate of drug-likeness (QED) is 0.639. The lowest BCUT2D eigenvalue weighted by Gasteiger charge is -2.12. The first-order chi connectivity index (χ1) is 9.84. The number of hydrogen-bond acceptors (Lipinski definition) is 5. The molecule has 0 aliphatic carbocycles. The minimum Gasteiger partial charge on any atom is -0.387 e. The third-order valence-corrected chi connectivity index (χ3v) is 4.02. The van der Waals surface area contributed by atoms with Gasteiger partial charge < -0.3 is 15.7 Å². The van der Waals surface area contributed by atoms with Gasteiger partial charge in [-0.1, -0.05) is 19.1 Å². The summed E-state index contributed by atoms with van der Waals surface area (Å²) in [5.41, 5.74) is 0.601. The van der Waals surface area contributed by atoms with Crippen LogP contribution in [0, 0.1) is 0 Å². The lowest BCUT2D eigenvalue weighted by Crippen LogP contribution is -2.35. The summed E-state index contributed by atoms with van der Waals surface area (Å²) >= 11 is 0. The lowest BCUT2D eigenvalue weighted by molar-refractivity contribution is -0.120. The average Bonchev–Trinajstić information content (AvgIpc) is 2.44. The molecule has 3 N–H and O–H groups in total. The highest BCUT2D eigenvalue weighted by atomic mass is 32.2. The molecular weight excluding hydrogens is 292 g/mol. The molecule has 7 heteroatoms. The molecule has 0 aliphatic heterocycles. The summed E-state index contributed by atoms with van der Waals surface area (Å²) in [4.78, 5) is 11.6. The van der Waals surface area contributed by atoms with Crippen LogP contribution in [0.1, 0.15) is 25.0 Å². The normalized spacial score (nSPS) is 12.9. The van der Waals surface area contributed by atoms with Crippen molar-refractivity contribution in [1.82, 2.24) is 10.6 Å². The van der Waals surface area contributed by atoms with E-state index in [1.165, 1.54) is 12.1 Å². The lowest BCUT2D eigenvalue weighted by atomic mass is 10.1. The van der Waals surface area contributed by atoms with E-state index < -0.39 is 15.9 Å². The number of hydrogen-bond donors (Lipinski definition) is 3. The summed E-state index contributed by atoms with van der Waals surface area (Å²) in [7, 11) is -3.23. The fourth-order valence-corrected chi connectivity index (χ4v) is 2.33. The first-order valence-electron chi connectivity index (χ1n) is 6.80. The van der Waals surface area contributed by atoms with Crippen LogP contribution in [0.4, 0.5) is 0 Å². The van der Waals surface area contributed by atoms with Crippen LogP contribution in [-0.4, -0.2) is 45.3 Å². The van der Waals surface area contributed by atoms with Crippen LogP contribution in [0.3, 0.4) is 0 Å². The first kappa shape index (κ1) is 17.6. The number of aliphatic hydroxyl groups excluding tert-OH is 1. The van der Waals surface area contributed by atoms with Gasteiger partial charge in [0.05, 0.1) is 17.5 Å². The van der Waals surface area contributed by atoms with Gasteiger partial charge in [0.1, 0.15) is 0 Å². The van der Waals surface area contributed by atoms with Crippen molar-refractivity contribution < 1.29 is 18.3 Å². The van der Waals surface area contributed by atoms with E-state index in [0.717, 1.165) is 12.7 Å². The number of aliphatic hydroxyl groups is 1. The fraction of sp³-hybridized carbons (Fsp3) is 0.500. The summed E-state index contributed by atoms with van der Waals surface area (Å²) < 4.78 is 22.7. The molecular formula is C14H22N2O4S. The van der Waals surface area contributed by atoms with Gasteiger partial charge in [0.2, 0.25) is 5.91 Å². The van der Waals surface area contributed by atoms with E-state index in [4.69, 9.17) is 0 Å². The molecule has 1 unspecified atom stereocenters. The maximum atomic E-state index is 11.4. The van der Waals surface area contributed by atoms with E-state index in [-0.39, 0.29) is 23.9 Å². The van der Waals surface area contributed by atoms with Crippen molar-refractivity contribution >= 4 is 15.7 Å². The second-order valence-electron chi connectivity index (χ2n) is 4.84. The zero-order valence-corrected chi connectivity index (χ0v) is 13.1. The standard InChI is InChI=1S/C14H22N2O4S/c1-3-8-16-14(18)10-15-9-13(17)11-4-6-12(7-5-11)21(2,19)20/h4-7,13,15,17H,3,8-10H2,1-2H3,(H,16,18). The maximum absolute atomic E-state index is 11.4. The van der Waals surface area contributed by atoms with Crippen LogP contribution in [-0.2, 0) is 14.6 Å². The van der Waals surface area contributed by atoms with E-state index in [0.29, 0.717) is 12.1 Å². The van der Waals surface area contributed by atoms with E-state index in [1.54, 1.807) is 12.1 Å². The molecule has 0 heterocycles. The Kier molecular flexibility index (Phi) is 6.80. The molecule has 118 valence electrons. The van der Waals surface area contributed by atoms with Crippen LogP contribution in [0.25, 0.3) is 0 Å². The smallest absolute Gasteiger partial charge is 0.233 e. The molecule has 1 rings (SSSR count). The number of nitrogens with one attached hydrogen (secondary N) is 2. The summed E-state index contributed by atoms with van der Waals surface area (Å²) in [5.74, 6) is -0.114. The zero-order valence-electron chi connectivity index (χ0n) is 12.3. The van der Waals surface area contributed by atoms with Gasteiger partial charge in [-0.3, -0.25) is 4.79 Å². The van der Waals surface area contributed by atoms with Gasteiger partial charge in [0, 0.05) is 19.3 Å². The van der Waals surface area contributed by atoms with Crippen molar-refractivity contribution in [1.29, 1.82) is 0 Å². The van der Waals surface area contributed by atoms with Crippen molar-refractivity contribution in [3.05, 3.63) is 29.8 Å². The van der Waals surface area contributed by atoms with Crippen LogP contribution >= 0.6 is 0 Å². The Hall–Kier alpha value is -1.44. The van der Waals surface area contributed by atoms with Gasteiger partial charge in [-0.2, -0.15) is 0 Å². The molecule has 1 amide bonds. The Morgan fingerprint density at radius 2 is 1.90 bits per heavy atom. The Labute approximate surface area is 125 Å². The highest BCUT2D eigenvalue weighted by Gasteiger charge is 2.11. The average molecular weight is 314 g/mol. The fourth-order valence-electron chi connectivity index (χ4n) is 1.70. The monoisotopic (exact) mass is 314 g/mol. The molecule has 1 aromatic rings. The van der Waals surface area contributed by atoms with Crippen molar-refractivity contribution in [3.63, 3.8) is 0 Å². The Balaban J connectivity index is 2.45. The third-order valence-electron chi connectivity index (χ3n) is 2.89. The predicted octanol–water partition coefficient (Wildman–Crippen LogP) is 0.239. The number of carbonyl (C=O) groups is 1. The van der Waals surface area contributed by atoms with Gasteiger partial charge in [-0.15, -0.1) is 0 Å². The van der Waals surface area contributed by atoms with Gasteiger partial charge in [-0.25, -0.2) is 8.42 Å². The molecule has 1 atom stereocenters. The highest BCUT2D eigenvalue weighted by Crippen LogP contribution is 2.15. The summed E-state index contributed by atoms with van der Waals surface area (Å²) in [6, 6.07) is 6.06. The highest BCUT2D eigenvalue weighted by molar-refractivity contribution is 7.90. The molecule has 1 aromatic carbocycles. The SMILES string of the molecule is CCCNC(=O)CNCC(O)c1ccc(S(C)(=O)=O)cc1. The van der Waals surface area contributed by atoms with E-state index in [9.17, 15) is 18.3 Å². The van der Waals surface area contributed by atoms with E-state index in [1.807, 2.05) is 6.92 Å². The number of benzene rings is 1. The van der Waals surface area contributed by atoms with Gasteiger partial charge >= 0.3 is 0 Å². The summed E-state index contributed by atoms with van der Waals surface area (Å²) in [5, 5.41) is 15.5. The minimum absolute atomic E-state index is 0.114. The Morgan fingerprint density at radius 3 is 2.43 bits per heavy atom. The minimum atomic E-state index is -3.23. The summed E-state index contributed by atoms with van der Waals surface area (Å²) in [6.45, 7) is 2.96. The predicted molar refractivity (Wildman–Crippen MR) is 80.7 cm³/mol. The van der Waals surface area contributed by atoms with Gasteiger partial charge in [-0.05, 0) is 24.1 Å². The molecule has 0 aliphatic rings. The Morgan fingerprint density at radius 1 is 1.29 bits per heavy atom. The van der Waals surface area contributed by atoms with Crippen LogP contribution in [0.5, 0.6) is 0 Å². The molecule has 0 radical (unpaired) electrons. The summed E-state index contributed by atoms with van der Waals surface area (Å²) in [6.07, 6.45) is 1.22. The number of rotatable bonds is 8. The van der Waals surface area contributed by atoms with E-state index >= 15 is 0 Å². The molecule has 6 nitrogen and oxygen atoms in total. The topological polar surface area (TPSA) is 95.5 Å². The van der Waals surface area contributed by atoms with E-state index in [2.05, 4.69) is 10.6 Å². The van der Waals surface area contributed by atoms with Crippen molar-refractivity contribution in [2.24, 2.45) is 0 Å². The largest absolute Gasteiger partial charge is 0.387 e. The molecule has 0 bridgehead atoms. The first-order valence-corrected chi connectivity index (χ1v) is 8.69. The third kappa shape index (κ3) is 6.24. The second-order valence-corrected chi connectivity index (χ2v) is 6.85. The van der Waals surface area contributed by atoms with Gasteiger partial charge in [0.15, 0.2) is 9.84 Å². The number of carbonyl (C=O) groups excluding carboxylic acids is 1. The molecule has 21 heavy (non-hydrogen) atoms. The van der Waals surface area contributed by atoms with Crippen molar-refractivity contribution in [2.75, 3.05) is 25.9 Å². The maximum Gasteiger partial charge on any atom is 0.233 e. The molecule has 0 saturated heterocycles. The van der Waals surface area contributed by atoms with Crippen molar-refractivity contribution in [3.8, 4) is 0 Å². The van der Waals surface area contributed by atoms with Crippen LogP contribution in [0.15, 0.2) is 29.2 Å². The van der Waals surface area contributed by atoms with Crippen molar-refractivity contribution in [2.45, 2.75) is 24.3 Å². The van der Waals surface area contributed by atoms with Gasteiger partial charge in [0.25, 0.3) is 0 Å². The van der Waals surface area contributed by atoms with Crippen LogP contribution in [0.2, 0.25) is 0 Å². The molecule has 0 spiro atoms. The number of amides is 1. The zero-order chi connectivity index (χ0) is 15.9. The molecule has 0 saturated carbocycles. The molecule has 0 fully saturated rings.